The van der Waals surface area contributed by atoms with Gasteiger partial charge in [0.2, 0.25) is 10.9 Å². The molecule has 1 fully saturated rings. The predicted octanol–water partition coefficient (Wildman–Crippen LogP) is 3.65. The van der Waals surface area contributed by atoms with Crippen LogP contribution in [0, 0.1) is 0 Å². The molecule has 2 aromatic heterocycles. The molecule has 0 unspecified atom stereocenters. The topological polar surface area (TPSA) is 72.2 Å². The van der Waals surface area contributed by atoms with E-state index in [9.17, 15) is 18.0 Å². The highest BCUT2D eigenvalue weighted by Gasteiger charge is 2.30. The van der Waals surface area contributed by atoms with Crippen LogP contribution in [0.2, 0.25) is 0 Å². The second-order valence-corrected chi connectivity index (χ2v) is 7.19. The Morgan fingerprint density at radius 2 is 1.96 bits per heavy atom. The van der Waals surface area contributed by atoms with Crippen molar-refractivity contribution in [3.05, 3.63) is 40.7 Å². The smallest absolute Gasteiger partial charge is 0.326 e. The van der Waals surface area contributed by atoms with Crippen LogP contribution < -0.4 is 5.32 Å². The number of nitrogens with zero attached hydrogens (tertiary/aromatic N) is 4. The molecule has 10 heteroatoms. The minimum atomic E-state index is -4.39. The van der Waals surface area contributed by atoms with Gasteiger partial charge in [-0.3, -0.25) is 4.79 Å². The second-order valence-electron chi connectivity index (χ2n) is 6.15. The zero-order valence-electron chi connectivity index (χ0n) is 13.5. The van der Waals surface area contributed by atoms with E-state index in [0.717, 1.165) is 35.8 Å². The monoisotopic (exact) mass is 381 g/mol. The fourth-order valence-corrected chi connectivity index (χ4v) is 3.40. The van der Waals surface area contributed by atoms with E-state index in [2.05, 4.69) is 20.6 Å². The maximum atomic E-state index is 12.5. The zero-order valence-corrected chi connectivity index (χ0v) is 14.3. The molecule has 0 saturated heterocycles. The van der Waals surface area contributed by atoms with Crippen LogP contribution in [0.4, 0.5) is 18.9 Å². The van der Waals surface area contributed by atoms with Gasteiger partial charge in [0.15, 0.2) is 5.82 Å². The second kappa shape index (κ2) is 6.35. The van der Waals surface area contributed by atoms with Crippen molar-refractivity contribution in [3.63, 3.8) is 0 Å². The molecule has 1 aliphatic rings. The summed E-state index contributed by atoms with van der Waals surface area (Å²) in [6.45, 7) is 0. The third-order valence-corrected chi connectivity index (χ3v) is 5.02. The largest absolute Gasteiger partial charge is 0.416 e. The summed E-state index contributed by atoms with van der Waals surface area (Å²) in [5.41, 5.74) is -0.418. The standard InChI is InChI=1S/C16H14F3N5OS/c17-16(18,19)10-3-5-11(6-4-10)20-12(25)7-8-13-23-24-14(9-1-2-9)21-22-15(24)26-13/h3-6,9H,1-2,7-8H2,(H,20,25). The number of carbonyl (C=O) groups is 1. The Labute approximate surface area is 150 Å². The third kappa shape index (κ3) is 3.55. The number of rotatable bonds is 5. The molecule has 1 saturated carbocycles. The normalized spacial score (nSPS) is 14.7. The Balaban J connectivity index is 1.35. The summed E-state index contributed by atoms with van der Waals surface area (Å²) in [4.78, 5) is 12.7. The maximum Gasteiger partial charge on any atom is 0.416 e. The van der Waals surface area contributed by atoms with E-state index in [0.29, 0.717) is 23.0 Å². The molecule has 1 amide bonds. The summed E-state index contributed by atoms with van der Waals surface area (Å²) in [6.07, 6.45) is -1.57. The molecule has 136 valence electrons. The van der Waals surface area contributed by atoms with Gasteiger partial charge in [-0.05, 0) is 37.1 Å². The van der Waals surface area contributed by atoms with Gasteiger partial charge in [0.05, 0.1) is 5.56 Å². The number of benzene rings is 1. The molecule has 0 aliphatic heterocycles. The van der Waals surface area contributed by atoms with Crippen LogP contribution in [0.3, 0.4) is 0 Å². The van der Waals surface area contributed by atoms with Crippen LogP contribution in [-0.2, 0) is 17.4 Å². The van der Waals surface area contributed by atoms with Crippen molar-refractivity contribution >= 4 is 27.9 Å². The highest BCUT2D eigenvalue weighted by Crippen LogP contribution is 2.39. The van der Waals surface area contributed by atoms with Crippen molar-refractivity contribution < 1.29 is 18.0 Å². The molecule has 0 atom stereocenters. The summed E-state index contributed by atoms with van der Waals surface area (Å²) in [5.74, 6) is 1.03. The number of anilines is 1. The number of hydrogen-bond donors (Lipinski definition) is 1. The number of halogens is 3. The van der Waals surface area contributed by atoms with Crippen molar-refractivity contribution in [2.75, 3.05) is 5.32 Å². The molecule has 3 aromatic rings. The van der Waals surface area contributed by atoms with E-state index in [1.165, 1.54) is 23.5 Å². The lowest BCUT2D eigenvalue weighted by Gasteiger charge is -2.08. The number of aryl methyl sites for hydroxylation is 1. The molecule has 1 aromatic carbocycles. The minimum absolute atomic E-state index is 0.184. The van der Waals surface area contributed by atoms with Crippen molar-refractivity contribution in [1.29, 1.82) is 0 Å². The van der Waals surface area contributed by atoms with Gasteiger partial charge < -0.3 is 5.32 Å². The summed E-state index contributed by atoms with van der Waals surface area (Å²) in [5, 5.41) is 16.1. The molecule has 2 heterocycles. The summed E-state index contributed by atoms with van der Waals surface area (Å²) < 4.78 is 39.3. The van der Waals surface area contributed by atoms with Crippen LogP contribution in [0.1, 0.15) is 41.6 Å². The molecular formula is C16H14F3N5OS. The Morgan fingerprint density at radius 3 is 2.62 bits per heavy atom. The van der Waals surface area contributed by atoms with Crippen LogP contribution >= 0.6 is 11.3 Å². The predicted molar refractivity (Wildman–Crippen MR) is 89.0 cm³/mol. The van der Waals surface area contributed by atoms with Gasteiger partial charge in [0.25, 0.3) is 0 Å². The lowest BCUT2D eigenvalue weighted by molar-refractivity contribution is -0.137. The number of fused-ring (bicyclic) bond motifs is 1. The fourth-order valence-electron chi connectivity index (χ4n) is 2.56. The first kappa shape index (κ1) is 17.0. The number of alkyl halides is 3. The van der Waals surface area contributed by atoms with E-state index >= 15 is 0 Å². The van der Waals surface area contributed by atoms with Crippen LogP contribution in [-0.4, -0.2) is 25.7 Å². The van der Waals surface area contributed by atoms with Gasteiger partial charge in [-0.1, -0.05) is 11.3 Å². The van der Waals surface area contributed by atoms with Gasteiger partial charge in [0.1, 0.15) is 5.01 Å². The molecule has 1 N–H and O–H groups in total. The molecule has 6 nitrogen and oxygen atoms in total. The number of nitrogens with one attached hydrogen (secondary N) is 1. The summed E-state index contributed by atoms with van der Waals surface area (Å²) in [6, 6.07) is 4.37. The number of aromatic nitrogens is 4. The van der Waals surface area contributed by atoms with E-state index in [1.54, 1.807) is 4.52 Å². The maximum absolute atomic E-state index is 12.5. The van der Waals surface area contributed by atoms with E-state index < -0.39 is 11.7 Å². The molecule has 4 rings (SSSR count). The Kier molecular flexibility index (Phi) is 4.14. The molecule has 0 spiro atoms. The first-order valence-corrected chi connectivity index (χ1v) is 8.90. The lowest BCUT2D eigenvalue weighted by atomic mass is 10.2. The van der Waals surface area contributed by atoms with E-state index in [4.69, 9.17) is 0 Å². The first-order valence-electron chi connectivity index (χ1n) is 8.08. The SMILES string of the molecule is O=C(CCc1nn2c(C3CC3)nnc2s1)Nc1ccc(C(F)(F)F)cc1. The zero-order chi connectivity index (χ0) is 18.3. The van der Waals surface area contributed by atoms with Crippen molar-refractivity contribution in [3.8, 4) is 0 Å². The van der Waals surface area contributed by atoms with E-state index in [-0.39, 0.29) is 12.3 Å². The highest BCUT2D eigenvalue weighted by molar-refractivity contribution is 7.16. The van der Waals surface area contributed by atoms with Crippen LogP contribution in [0.5, 0.6) is 0 Å². The van der Waals surface area contributed by atoms with Crippen LogP contribution in [0.25, 0.3) is 4.96 Å². The highest BCUT2D eigenvalue weighted by atomic mass is 32.1. The van der Waals surface area contributed by atoms with Gasteiger partial charge in [-0.2, -0.15) is 22.8 Å². The van der Waals surface area contributed by atoms with Gasteiger partial charge >= 0.3 is 6.18 Å². The van der Waals surface area contributed by atoms with E-state index in [1.807, 2.05) is 0 Å². The minimum Gasteiger partial charge on any atom is -0.326 e. The molecule has 1 aliphatic carbocycles. The number of carbonyl (C=O) groups excluding carboxylic acids is 1. The Morgan fingerprint density at radius 1 is 1.23 bits per heavy atom. The van der Waals surface area contributed by atoms with Gasteiger partial charge in [0, 0.05) is 24.4 Å². The average Bonchev–Trinajstić information content (AvgIpc) is 3.22. The molecule has 26 heavy (non-hydrogen) atoms. The van der Waals surface area contributed by atoms with Crippen molar-refractivity contribution in [2.45, 2.75) is 37.8 Å². The van der Waals surface area contributed by atoms with Crippen molar-refractivity contribution in [1.82, 2.24) is 19.8 Å². The number of amides is 1. The fraction of sp³-hybridized carbons (Fsp3) is 0.375. The van der Waals surface area contributed by atoms with Gasteiger partial charge in [-0.25, -0.2) is 0 Å². The average molecular weight is 381 g/mol. The van der Waals surface area contributed by atoms with Crippen LogP contribution in [0.15, 0.2) is 24.3 Å². The Hall–Kier alpha value is -2.49. The summed E-state index contributed by atoms with van der Waals surface area (Å²) >= 11 is 1.39. The first-order chi connectivity index (χ1) is 12.4. The van der Waals surface area contributed by atoms with Crippen molar-refractivity contribution in [2.24, 2.45) is 0 Å². The van der Waals surface area contributed by atoms with Gasteiger partial charge in [-0.15, -0.1) is 10.2 Å². The molecule has 0 bridgehead atoms. The molecule has 0 radical (unpaired) electrons. The summed E-state index contributed by atoms with van der Waals surface area (Å²) in [7, 11) is 0. The lowest BCUT2D eigenvalue weighted by Crippen LogP contribution is -2.13. The Bertz CT molecular complexity index is 943. The third-order valence-electron chi connectivity index (χ3n) is 4.06. The number of hydrogen-bond acceptors (Lipinski definition) is 5. The molecular weight excluding hydrogens is 367 g/mol. The quantitative estimate of drug-likeness (QED) is 0.732.